The van der Waals surface area contributed by atoms with E-state index in [4.69, 9.17) is 4.74 Å². The van der Waals surface area contributed by atoms with Crippen molar-refractivity contribution >= 4 is 5.97 Å². The molecule has 1 fully saturated rings. The maximum Gasteiger partial charge on any atom is 0.324 e. The molecular weight excluding hydrogens is 338 g/mol. The highest BCUT2D eigenvalue weighted by molar-refractivity contribution is 5.80. The van der Waals surface area contributed by atoms with Crippen LogP contribution in [-0.4, -0.2) is 17.7 Å². The molecule has 1 saturated carbocycles. The molecule has 4 heteroatoms. The minimum atomic E-state index is -1.33. The predicted molar refractivity (Wildman–Crippen MR) is 104 cm³/mol. The Bertz CT molecular complexity index is 835. The fourth-order valence-corrected chi connectivity index (χ4v) is 4.33. The predicted octanol–water partition coefficient (Wildman–Crippen LogP) is 5.25. The van der Waals surface area contributed by atoms with Gasteiger partial charge in [-0.3, -0.25) is 4.79 Å². The summed E-state index contributed by atoms with van der Waals surface area (Å²) < 4.78 is 5.48. The molecule has 0 aromatic heterocycles. The van der Waals surface area contributed by atoms with Crippen LogP contribution in [-0.2, 0) is 4.79 Å². The van der Waals surface area contributed by atoms with Gasteiger partial charge in [0.1, 0.15) is 5.75 Å². The van der Waals surface area contributed by atoms with Gasteiger partial charge in [0.05, 0.1) is 12.7 Å². The van der Waals surface area contributed by atoms with Gasteiger partial charge in [-0.15, -0.1) is 0 Å². The van der Waals surface area contributed by atoms with Crippen molar-refractivity contribution in [1.82, 2.24) is 0 Å². The molecule has 0 radical (unpaired) electrons. The monoisotopic (exact) mass is 363 g/mol. The second-order valence-corrected chi connectivity index (χ2v) is 7.31. The maximum atomic E-state index is 12.0. The van der Waals surface area contributed by atoms with Gasteiger partial charge in [0.2, 0.25) is 0 Å². The summed E-state index contributed by atoms with van der Waals surface area (Å²) in [6.45, 7) is 4.65. The number of ether oxygens (including phenoxy) is 1. The lowest BCUT2D eigenvalue weighted by molar-refractivity contribution is -0.149. The highest BCUT2D eigenvalue weighted by atomic mass is 16.5. The van der Waals surface area contributed by atoms with Gasteiger partial charge in [0, 0.05) is 5.92 Å². The fourth-order valence-electron chi connectivity index (χ4n) is 4.33. The molecule has 0 bridgehead atoms. The third kappa shape index (κ3) is 3.55. The molecule has 2 aromatic rings. The Kier molecular flexibility index (Phi) is 5.51. The SMILES string of the molecule is CCOc1ccc(-c2ccc(C3C(C)CCCC3(C#N)C(=O)O)cc2)cc1. The van der Waals surface area contributed by atoms with Crippen LogP contribution < -0.4 is 4.74 Å². The summed E-state index contributed by atoms with van der Waals surface area (Å²) >= 11 is 0. The van der Waals surface area contributed by atoms with Crippen molar-refractivity contribution in [2.24, 2.45) is 11.3 Å². The van der Waals surface area contributed by atoms with Crippen molar-refractivity contribution in [2.75, 3.05) is 6.61 Å². The van der Waals surface area contributed by atoms with E-state index in [0.29, 0.717) is 13.0 Å². The normalized spacial score (nSPS) is 24.8. The smallest absolute Gasteiger partial charge is 0.324 e. The number of benzene rings is 2. The molecule has 1 aliphatic carbocycles. The van der Waals surface area contributed by atoms with E-state index in [0.717, 1.165) is 35.3 Å². The number of rotatable bonds is 5. The average molecular weight is 363 g/mol. The van der Waals surface area contributed by atoms with Crippen molar-refractivity contribution in [3.8, 4) is 22.9 Å². The lowest BCUT2D eigenvalue weighted by atomic mass is 9.60. The molecule has 0 saturated heterocycles. The van der Waals surface area contributed by atoms with Crippen LogP contribution in [0.1, 0.15) is 44.6 Å². The fraction of sp³-hybridized carbons (Fsp3) is 0.391. The second kappa shape index (κ2) is 7.84. The van der Waals surface area contributed by atoms with E-state index in [9.17, 15) is 15.2 Å². The summed E-state index contributed by atoms with van der Waals surface area (Å²) in [6.07, 6.45) is 2.14. The van der Waals surface area contributed by atoms with Gasteiger partial charge in [0.25, 0.3) is 0 Å². The van der Waals surface area contributed by atoms with Crippen LogP contribution in [0.15, 0.2) is 48.5 Å². The zero-order valence-electron chi connectivity index (χ0n) is 15.8. The van der Waals surface area contributed by atoms with Crippen LogP contribution in [0, 0.1) is 22.7 Å². The molecule has 140 valence electrons. The first-order valence-corrected chi connectivity index (χ1v) is 9.49. The first-order valence-electron chi connectivity index (χ1n) is 9.49. The van der Waals surface area contributed by atoms with Crippen molar-refractivity contribution in [1.29, 1.82) is 5.26 Å². The lowest BCUT2D eigenvalue weighted by Gasteiger charge is -2.40. The van der Waals surface area contributed by atoms with Gasteiger partial charge in [-0.1, -0.05) is 49.7 Å². The number of nitriles is 1. The van der Waals surface area contributed by atoms with Gasteiger partial charge in [-0.25, -0.2) is 0 Å². The summed E-state index contributed by atoms with van der Waals surface area (Å²) in [7, 11) is 0. The van der Waals surface area contributed by atoms with E-state index in [2.05, 4.69) is 13.0 Å². The van der Waals surface area contributed by atoms with Crippen LogP contribution in [0.2, 0.25) is 0 Å². The maximum absolute atomic E-state index is 12.0. The molecule has 0 heterocycles. The van der Waals surface area contributed by atoms with E-state index < -0.39 is 11.4 Å². The van der Waals surface area contributed by atoms with Crippen molar-refractivity contribution < 1.29 is 14.6 Å². The van der Waals surface area contributed by atoms with Crippen LogP contribution >= 0.6 is 0 Å². The Morgan fingerprint density at radius 2 is 1.78 bits per heavy atom. The number of aliphatic carboxylic acids is 1. The first-order chi connectivity index (χ1) is 13.0. The molecule has 1 aliphatic rings. The molecule has 2 aromatic carbocycles. The van der Waals surface area contributed by atoms with E-state index >= 15 is 0 Å². The molecule has 27 heavy (non-hydrogen) atoms. The second-order valence-electron chi connectivity index (χ2n) is 7.31. The largest absolute Gasteiger partial charge is 0.494 e. The number of nitrogens with zero attached hydrogens (tertiary/aromatic N) is 1. The van der Waals surface area contributed by atoms with E-state index in [1.165, 1.54) is 0 Å². The number of carboxylic acid groups (broad SMARTS) is 1. The quantitative estimate of drug-likeness (QED) is 0.787. The van der Waals surface area contributed by atoms with E-state index in [1.807, 2.05) is 55.5 Å². The number of hydrogen-bond acceptors (Lipinski definition) is 3. The molecule has 0 aliphatic heterocycles. The van der Waals surface area contributed by atoms with Crippen LogP contribution in [0.4, 0.5) is 0 Å². The Morgan fingerprint density at radius 1 is 1.19 bits per heavy atom. The summed E-state index contributed by atoms with van der Waals surface area (Å²) in [5.74, 6) is -0.291. The molecule has 0 spiro atoms. The third-order valence-electron chi connectivity index (χ3n) is 5.68. The van der Waals surface area contributed by atoms with Gasteiger partial charge in [0.15, 0.2) is 5.41 Å². The minimum absolute atomic E-state index is 0.158. The van der Waals surface area contributed by atoms with E-state index in [1.54, 1.807) is 0 Å². The Balaban J connectivity index is 1.91. The summed E-state index contributed by atoms with van der Waals surface area (Å²) in [6, 6.07) is 18.0. The molecule has 3 atom stereocenters. The molecule has 3 unspecified atom stereocenters. The Labute approximate surface area is 160 Å². The standard InChI is InChI=1S/C23H25NO3/c1-3-27-20-12-10-18(11-13-20)17-6-8-19(9-7-17)21-16(2)5-4-14-23(21,15-24)22(25)26/h6-13,16,21H,3-5,14H2,1-2H3,(H,25,26). The number of carboxylic acids is 1. The first kappa shape index (κ1) is 19.0. The molecule has 0 amide bonds. The molecule has 3 rings (SSSR count). The zero-order valence-corrected chi connectivity index (χ0v) is 15.8. The number of hydrogen-bond donors (Lipinski definition) is 1. The van der Waals surface area contributed by atoms with Crippen LogP contribution in [0.3, 0.4) is 0 Å². The van der Waals surface area contributed by atoms with Gasteiger partial charge < -0.3 is 9.84 Å². The molecular formula is C23H25NO3. The van der Waals surface area contributed by atoms with Crippen LogP contribution in [0.5, 0.6) is 5.75 Å². The number of carbonyl (C=O) groups is 1. The topological polar surface area (TPSA) is 70.3 Å². The summed E-state index contributed by atoms with van der Waals surface area (Å²) in [5.41, 5.74) is 1.73. The summed E-state index contributed by atoms with van der Waals surface area (Å²) in [5, 5.41) is 19.5. The van der Waals surface area contributed by atoms with Crippen LogP contribution in [0.25, 0.3) is 11.1 Å². The van der Waals surface area contributed by atoms with Crippen molar-refractivity contribution in [3.05, 3.63) is 54.1 Å². The summed E-state index contributed by atoms with van der Waals surface area (Å²) in [4.78, 5) is 12.0. The van der Waals surface area contributed by atoms with Gasteiger partial charge in [-0.2, -0.15) is 5.26 Å². The zero-order chi connectivity index (χ0) is 19.4. The van der Waals surface area contributed by atoms with Gasteiger partial charge >= 0.3 is 5.97 Å². The third-order valence-corrected chi connectivity index (χ3v) is 5.68. The molecule has 1 N–H and O–H groups in total. The van der Waals surface area contributed by atoms with Crippen molar-refractivity contribution in [3.63, 3.8) is 0 Å². The minimum Gasteiger partial charge on any atom is -0.494 e. The average Bonchev–Trinajstić information content (AvgIpc) is 2.68. The highest BCUT2D eigenvalue weighted by Crippen LogP contribution is 2.50. The Morgan fingerprint density at radius 3 is 2.30 bits per heavy atom. The lowest BCUT2D eigenvalue weighted by Crippen LogP contribution is -2.42. The highest BCUT2D eigenvalue weighted by Gasteiger charge is 2.51. The Hall–Kier alpha value is -2.80. The molecule has 4 nitrogen and oxygen atoms in total. The van der Waals surface area contributed by atoms with Crippen molar-refractivity contribution in [2.45, 2.75) is 39.0 Å². The van der Waals surface area contributed by atoms with E-state index in [-0.39, 0.29) is 11.8 Å². The van der Waals surface area contributed by atoms with Gasteiger partial charge in [-0.05, 0) is 54.5 Å².